The molecule has 1 aliphatic heterocycles. The van der Waals surface area contributed by atoms with Gasteiger partial charge in [0.05, 0.1) is 6.10 Å². The van der Waals surface area contributed by atoms with Gasteiger partial charge in [0.2, 0.25) is 0 Å². The summed E-state index contributed by atoms with van der Waals surface area (Å²) in [5.41, 5.74) is 0.0358. The Morgan fingerprint density at radius 2 is 2.00 bits per heavy atom. The van der Waals surface area contributed by atoms with Gasteiger partial charge in [-0.25, -0.2) is 4.79 Å². The van der Waals surface area contributed by atoms with E-state index < -0.39 is 18.0 Å². The van der Waals surface area contributed by atoms with E-state index in [1.807, 2.05) is 0 Å². The fourth-order valence-electron chi connectivity index (χ4n) is 2.29. The Labute approximate surface area is 125 Å². The zero-order valence-electron chi connectivity index (χ0n) is 11.5. The van der Waals surface area contributed by atoms with Crippen LogP contribution < -0.4 is 10.4 Å². The van der Waals surface area contributed by atoms with Gasteiger partial charge in [-0.05, 0) is 23.8 Å². The van der Waals surface area contributed by atoms with Crippen molar-refractivity contribution in [3.8, 4) is 11.5 Å². The molecule has 0 amide bonds. The van der Waals surface area contributed by atoms with E-state index in [2.05, 4.69) is 0 Å². The third kappa shape index (κ3) is 2.88. The van der Waals surface area contributed by atoms with Crippen molar-refractivity contribution in [1.29, 1.82) is 0 Å². The summed E-state index contributed by atoms with van der Waals surface area (Å²) in [6.07, 6.45) is 0.843. The van der Waals surface area contributed by atoms with Gasteiger partial charge in [-0.15, -0.1) is 0 Å². The van der Waals surface area contributed by atoms with Gasteiger partial charge in [0.1, 0.15) is 22.8 Å². The number of aliphatic hydroxyl groups excluding tert-OH is 2. The van der Waals surface area contributed by atoms with E-state index in [1.165, 1.54) is 12.1 Å². The predicted molar refractivity (Wildman–Crippen MR) is 78.2 cm³/mol. The zero-order valence-corrected chi connectivity index (χ0v) is 11.5. The van der Waals surface area contributed by atoms with Crippen LogP contribution in [0.2, 0.25) is 0 Å². The van der Waals surface area contributed by atoms with Crippen LogP contribution in [-0.4, -0.2) is 21.6 Å². The Morgan fingerprint density at radius 1 is 1.18 bits per heavy atom. The van der Waals surface area contributed by atoms with Crippen LogP contribution in [0, 0.1) is 0 Å². The molecular formula is C16H14O6. The van der Waals surface area contributed by atoms with E-state index in [0.29, 0.717) is 0 Å². The number of hydrogen-bond acceptors (Lipinski definition) is 6. The van der Waals surface area contributed by atoms with Gasteiger partial charge < -0.3 is 24.5 Å². The van der Waals surface area contributed by atoms with Crippen molar-refractivity contribution in [2.45, 2.75) is 18.8 Å². The van der Waals surface area contributed by atoms with Crippen LogP contribution >= 0.6 is 0 Å². The molecular weight excluding hydrogens is 288 g/mol. The first-order valence-corrected chi connectivity index (χ1v) is 6.71. The molecule has 1 aliphatic rings. The number of aliphatic hydroxyl groups is 2. The van der Waals surface area contributed by atoms with E-state index in [1.54, 1.807) is 30.3 Å². The third-order valence-corrected chi connectivity index (χ3v) is 3.30. The molecule has 0 aliphatic carbocycles. The minimum absolute atomic E-state index is 0.0137. The maximum Gasteiger partial charge on any atom is 0.345 e. The van der Waals surface area contributed by atoms with E-state index in [4.69, 9.17) is 9.15 Å². The number of ether oxygens (including phenoxy) is 1. The van der Waals surface area contributed by atoms with Gasteiger partial charge in [0.25, 0.3) is 0 Å². The van der Waals surface area contributed by atoms with Gasteiger partial charge in [-0.2, -0.15) is 0 Å². The summed E-state index contributed by atoms with van der Waals surface area (Å²) in [5.74, 6) is 0.454. The van der Waals surface area contributed by atoms with Crippen molar-refractivity contribution >= 4 is 12.2 Å². The normalized spacial score (nSPS) is 20.6. The molecule has 2 unspecified atom stereocenters. The lowest BCUT2D eigenvalue weighted by Crippen LogP contribution is -2.29. The van der Waals surface area contributed by atoms with E-state index in [-0.39, 0.29) is 29.2 Å². The fraction of sp³-hybridized carbons (Fsp3) is 0.188. The van der Waals surface area contributed by atoms with Crippen LogP contribution in [0.3, 0.4) is 0 Å². The van der Waals surface area contributed by atoms with Crippen LogP contribution in [0.15, 0.2) is 39.5 Å². The van der Waals surface area contributed by atoms with Crippen LogP contribution in [-0.2, 0) is 0 Å². The van der Waals surface area contributed by atoms with Crippen LogP contribution in [0.5, 0.6) is 11.5 Å². The lowest BCUT2D eigenvalue weighted by Gasteiger charge is -2.24. The number of phenolic OH excluding ortho intramolecular Hbond substituents is 1. The largest absolute Gasteiger partial charge is 0.508 e. The SMILES string of the molecule is O=c1oc(C=Cc2cccc(O)c2)cc2c1C(O)CC(O)O2. The topological polar surface area (TPSA) is 100 Å². The molecule has 3 rings (SSSR count). The summed E-state index contributed by atoms with van der Waals surface area (Å²) in [7, 11) is 0. The highest BCUT2D eigenvalue weighted by Gasteiger charge is 2.29. The first-order valence-electron chi connectivity index (χ1n) is 6.71. The maximum absolute atomic E-state index is 11.9. The second-order valence-corrected chi connectivity index (χ2v) is 4.97. The number of hydrogen-bond donors (Lipinski definition) is 3. The quantitative estimate of drug-likeness (QED) is 0.780. The summed E-state index contributed by atoms with van der Waals surface area (Å²) in [5, 5.41) is 28.7. The van der Waals surface area contributed by atoms with Gasteiger partial charge in [-0.3, -0.25) is 0 Å². The highest BCUT2D eigenvalue weighted by molar-refractivity contribution is 5.68. The molecule has 6 heteroatoms. The number of benzene rings is 1. The molecule has 0 fully saturated rings. The smallest absolute Gasteiger partial charge is 0.345 e. The predicted octanol–water partition coefficient (Wildman–Crippen LogP) is 1.65. The second-order valence-electron chi connectivity index (χ2n) is 4.97. The number of fused-ring (bicyclic) bond motifs is 1. The Kier molecular flexibility index (Phi) is 3.70. The van der Waals surface area contributed by atoms with Crippen molar-refractivity contribution in [3.05, 3.63) is 57.6 Å². The van der Waals surface area contributed by atoms with Crippen LogP contribution in [0.25, 0.3) is 12.2 Å². The molecule has 1 aromatic heterocycles. The molecule has 2 aromatic rings. The van der Waals surface area contributed by atoms with E-state index >= 15 is 0 Å². The molecule has 22 heavy (non-hydrogen) atoms. The number of phenols is 1. The van der Waals surface area contributed by atoms with Gasteiger partial charge in [-0.1, -0.05) is 18.2 Å². The average Bonchev–Trinajstić information content (AvgIpc) is 2.44. The fourth-order valence-corrected chi connectivity index (χ4v) is 2.29. The lowest BCUT2D eigenvalue weighted by molar-refractivity contribution is -0.0693. The van der Waals surface area contributed by atoms with Crippen molar-refractivity contribution in [3.63, 3.8) is 0 Å². The number of aromatic hydroxyl groups is 1. The van der Waals surface area contributed by atoms with Crippen molar-refractivity contribution in [1.82, 2.24) is 0 Å². The first-order chi connectivity index (χ1) is 10.5. The first kappa shape index (κ1) is 14.4. The minimum atomic E-state index is -1.16. The monoisotopic (exact) mass is 302 g/mol. The van der Waals surface area contributed by atoms with Gasteiger partial charge in [0, 0.05) is 12.5 Å². The van der Waals surface area contributed by atoms with Crippen molar-refractivity contribution < 1.29 is 24.5 Å². The Bertz CT molecular complexity index is 776. The molecule has 2 heterocycles. The molecule has 1 aromatic carbocycles. The lowest BCUT2D eigenvalue weighted by atomic mass is 10.0. The minimum Gasteiger partial charge on any atom is -0.508 e. The van der Waals surface area contributed by atoms with Crippen molar-refractivity contribution in [2.75, 3.05) is 0 Å². The summed E-state index contributed by atoms with van der Waals surface area (Å²) in [6.45, 7) is 0. The molecule has 114 valence electrons. The summed E-state index contributed by atoms with van der Waals surface area (Å²) in [4.78, 5) is 11.9. The molecule has 2 atom stereocenters. The summed E-state index contributed by atoms with van der Waals surface area (Å²) < 4.78 is 10.3. The highest BCUT2D eigenvalue weighted by Crippen LogP contribution is 2.32. The Hall–Kier alpha value is -2.57. The zero-order chi connectivity index (χ0) is 15.7. The third-order valence-electron chi connectivity index (χ3n) is 3.30. The molecule has 0 radical (unpaired) electrons. The van der Waals surface area contributed by atoms with Crippen LogP contribution in [0.4, 0.5) is 0 Å². The standard InChI is InChI=1S/C16H14O6/c17-10-3-1-2-9(6-10)4-5-11-7-13-15(16(20)21-11)12(18)8-14(19)22-13/h1-7,12,14,17-19H,8H2. The summed E-state index contributed by atoms with van der Waals surface area (Å²) >= 11 is 0. The van der Waals surface area contributed by atoms with Crippen LogP contribution in [0.1, 0.15) is 29.4 Å². The van der Waals surface area contributed by atoms with E-state index in [9.17, 15) is 20.1 Å². The Balaban J connectivity index is 1.94. The highest BCUT2D eigenvalue weighted by atomic mass is 16.6. The number of rotatable bonds is 2. The Morgan fingerprint density at radius 3 is 2.77 bits per heavy atom. The molecule has 3 N–H and O–H groups in total. The van der Waals surface area contributed by atoms with Crippen molar-refractivity contribution in [2.24, 2.45) is 0 Å². The summed E-state index contributed by atoms with van der Waals surface area (Å²) in [6, 6.07) is 8.00. The molecule has 6 nitrogen and oxygen atoms in total. The van der Waals surface area contributed by atoms with Gasteiger partial charge >= 0.3 is 5.63 Å². The molecule has 0 saturated carbocycles. The molecule has 0 bridgehead atoms. The maximum atomic E-state index is 11.9. The average molecular weight is 302 g/mol. The second kappa shape index (κ2) is 5.67. The van der Waals surface area contributed by atoms with E-state index in [0.717, 1.165) is 5.56 Å². The molecule has 0 spiro atoms. The molecule has 0 saturated heterocycles. The van der Waals surface area contributed by atoms with Gasteiger partial charge in [0.15, 0.2) is 6.29 Å².